The molecule has 106 valence electrons. The van der Waals surface area contributed by atoms with Crippen molar-refractivity contribution >= 4 is 11.8 Å². The van der Waals surface area contributed by atoms with E-state index in [0.29, 0.717) is 39.4 Å². The fourth-order valence-corrected chi connectivity index (χ4v) is 2.68. The Bertz CT molecular complexity index is 356. The number of rotatable bonds is 2. The molecule has 0 aromatic carbocycles. The first kappa shape index (κ1) is 12.9. The van der Waals surface area contributed by atoms with E-state index in [1.54, 1.807) is 0 Å². The van der Waals surface area contributed by atoms with E-state index < -0.39 is 0 Å². The summed E-state index contributed by atoms with van der Waals surface area (Å²) in [6.07, 6.45) is 2.09. The zero-order valence-electron chi connectivity index (χ0n) is 11.1. The van der Waals surface area contributed by atoms with Crippen molar-refractivity contribution in [3.05, 3.63) is 0 Å². The van der Waals surface area contributed by atoms with E-state index in [0.717, 1.165) is 19.4 Å². The Balaban J connectivity index is 1.48. The van der Waals surface area contributed by atoms with Gasteiger partial charge in [0, 0.05) is 38.6 Å². The fourth-order valence-electron chi connectivity index (χ4n) is 2.68. The molecule has 19 heavy (non-hydrogen) atoms. The summed E-state index contributed by atoms with van der Waals surface area (Å²) < 4.78 is 5.32. The normalized spacial score (nSPS) is 28.3. The number of morpholine rings is 1. The second-order valence-electron chi connectivity index (χ2n) is 5.51. The lowest BCUT2D eigenvalue weighted by Crippen LogP contribution is -2.57. The molecule has 2 saturated heterocycles. The van der Waals surface area contributed by atoms with Gasteiger partial charge in [-0.15, -0.1) is 0 Å². The lowest BCUT2D eigenvalue weighted by atomic mass is 10.2. The molecule has 1 saturated carbocycles. The van der Waals surface area contributed by atoms with Crippen LogP contribution in [0.2, 0.25) is 0 Å². The average molecular weight is 267 g/mol. The lowest BCUT2D eigenvalue weighted by molar-refractivity contribution is -0.143. The number of nitrogens with zero attached hydrogens (tertiary/aromatic N) is 2. The molecule has 0 bridgehead atoms. The molecule has 2 amide bonds. The van der Waals surface area contributed by atoms with E-state index >= 15 is 0 Å². The number of piperazine rings is 1. The number of hydrogen-bond acceptors (Lipinski definition) is 4. The molecule has 1 N–H and O–H groups in total. The Labute approximate surface area is 113 Å². The highest BCUT2D eigenvalue weighted by Crippen LogP contribution is 2.31. The summed E-state index contributed by atoms with van der Waals surface area (Å²) >= 11 is 0. The highest BCUT2D eigenvalue weighted by molar-refractivity contribution is 5.83. The van der Waals surface area contributed by atoms with Crippen molar-refractivity contribution in [1.29, 1.82) is 0 Å². The van der Waals surface area contributed by atoms with Crippen molar-refractivity contribution in [2.75, 3.05) is 45.9 Å². The molecule has 0 aromatic heterocycles. The summed E-state index contributed by atoms with van der Waals surface area (Å²) in [7, 11) is 0. The number of carbonyl (C=O) groups excluding carboxylic acids is 2. The summed E-state index contributed by atoms with van der Waals surface area (Å²) in [6, 6.07) is -0.209. The van der Waals surface area contributed by atoms with Crippen LogP contribution in [0.25, 0.3) is 0 Å². The zero-order chi connectivity index (χ0) is 13.2. The molecule has 3 fully saturated rings. The first-order chi connectivity index (χ1) is 9.25. The van der Waals surface area contributed by atoms with Crippen LogP contribution in [-0.2, 0) is 14.3 Å². The van der Waals surface area contributed by atoms with Crippen molar-refractivity contribution in [2.45, 2.75) is 18.9 Å². The average Bonchev–Trinajstić information content (AvgIpc) is 3.31. The molecule has 1 atom stereocenters. The van der Waals surface area contributed by atoms with Gasteiger partial charge in [-0.1, -0.05) is 0 Å². The number of nitrogens with one attached hydrogen (secondary N) is 1. The van der Waals surface area contributed by atoms with Crippen LogP contribution >= 0.6 is 0 Å². The lowest BCUT2D eigenvalue weighted by Gasteiger charge is -2.37. The van der Waals surface area contributed by atoms with Crippen LogP contribution in [0.3, 0.4) is 0 Å². The van der Waals surface area contributed by atoms with Gasteiger partial charge >= 0.3 is 0 Å². The molecule has 0 spiro atoms. The predicted octanol–water partition coefficient (Wildman–Crippen LogP) is -0.944. The van der Waals surface area contributed by atoms with E-state index in [9.17, 15) is 9.59 Å². The van der Waals surface area contributed by atoms with E-state index in [2.05, 4.69) is 5.32 Å². The number of hydrogen-bond donors (Lipinski definition) is 1. The third-order valence-corrected chi connectivity index (χ3v) is 4.05. The van der Waals surface area contributed by atoms with Gasteiger partial charge in [-0.2, -0.15) is 0 Å². The molecule has 6 nitrogen and oxygen atoms in total. The van der Waals surface area contributed by atoms with E-state index in [1.165, 1.54) is 0 Å². The van der Waals surface area contributed by atoms with Gasteiger partial charge in [0.05, 0.1) is 13.2 Å². The fraction of sp³-hybridized carbons (Fsp3) is 0.846. The first-order valence-electron chi connectivity index (χ1n) is 7.14. The minimum atomic E-state index is -0.209. The van der Waals surface area contributed by atoms with Gasteiger partial charge in [0.25, 0.3) is 0 Å². The molecule has 2 heterocycles. The standard InChI is InChI=1S/C13H21N3O3/c17-12(10-1-2-10)15-4-6-16(7-5-15)13(18)11-9-19-8-3-14-11/h10-11,14H,1-9H2. The minimum absolute atomic E-state index is 0.109. The van der Waals surface area contributed by atoms with Crippen molar-refractivity contribution in [3.63, 3.8) is 0 Å². The zero-order valence-corrected chi connectivity index (χ0v) is 11.1. The third-order valence-electron chi connectivity index (χ3n) is 4.05. The summed E-state index contributed by atoms with van der Waals surface area (Å²) in [5.74, 6) is 0.667. The van der Waals surface area contributed by atoms with Crippen molar-refractivity contribution < 1.29 is 14.3 Å². The molecular formula is C13H21N3O3. The Morgan fingerprint density at radius 3 is 2.16 bits per heavy atom. The van der Waals surface area contributed by atoms with Crippen molar-refractivity contribution in [3.8, 4) is 0 Å². The van der Waals surface area contributed by atoms with Crippen LogP contribution < -0.4 is 5.32 Å². The minimum Gasteiger partial charge on any atom is -0.378 e. The summed E-state index contributed by atoms with van der Waals surface area (Å²) in [5, 5.41) is 3.18. The van der Waals surface area contributed by atoms with Crippen LogP contribution in [0.4, 0.5) is 0 Å². The summed E-state index contributed by atoms with van der Waals surface area (Å²) in [4.78, 5) is 27.9. The Kier molecular flexibility index (Phi) is 3.70. The maximum absolute atomic E-state index is 12.3. The van der Waals surface area contributed by atoms with Gasteiger partial charge in [-0.05, 0) is 12.8 Å². The van der Waals surface area contributed by atoms with E-state index in [4.69, 9.17) is 4.74 Å². The van der Waals surface area contributed by atoms with Crippen molar-refractivity contribution in [1.82, 2.24) is 15.1 Å². The molecule has 1 aliphatic carbocycles. The van der Waals surface area contributed by atoms with E-state index in [1.807, 2.05) is 9.80 Å². The molecule has 0 radical (unpaired) electrons. The molecule has 3 rings (SSSR count). The van der Waals surface area contributed by atoms with Crippen LogP contribution in [0.5, 0.6) is 0 Å². The maximum atomic E-state index is 12.3. The number of amides is 2. The maximum Gasteiger partial charge on any atom is 0.242 e. The number of carbonyl (C=O) groups is 2. The van der Waals surface area contributed by atoms with Gasteiger partial charge in [0.15, 0.2) is 0 Å². The second-order valence-corrected chi connectivity index (χ2v) is 5.51. The smallest absolute Gasteiger partial charge is 0.242 e. The quantitative estimate of drug-likeness (QED) is 0.701. The van der Waals surface area contributed by atoms with Gasteiger partial charge in [-0.25, -0.2) is 0 Å². The van der Waals surface area contributed by atoms with E-state index in [-0.39, 0.29) is 23.8 Å². The van der Waals surface area contributed by atoms with Crippen LogP contribution in [-0.4, -0.2) is 73.6 Å². The van der Waals surface area contributed by atoms with Gasteiger partial charge in [0.1, 0.15) is 6.04 Å². The van der Waals surface area contributed by atoms with Gasteiger partial charge in [-0.3, -0.25) is 9.59 Å². The SMILES string of the molecule is O=C(C1CC1)N1CCN(C(=O)C2COCCN2)CC1. The largest absolute Gasteiger partial charge is 0.378 e. The molecule has 0 aromatic rings. The molecule has 2 aliphatic heterocycles. The van der Waals surface area contributed by atoms with Crippen LogP contribution in [0.15, 0.2) is 0 Å². The molecular weight excluding hydrogens is 246 g/mol. The Morgan fingerprint density at radius 1 is 1.00 bits per heavy atom. The summed E-state index contributed by atoms with van der Waals surface area (Å²) in [5.41, 5.74) is 0. The monoisotopic (exact) mass is 267 g/mol. The summed E-state index contributed by atoms with van der Waals surface area (Å²) in [6.45, 7) is 4.51. The van der Waals surface area contributed by atoms with Gasteiger partial charge in [0.2, 0.25) is 11.8 Å². The topological polar surface area (TPSA) is 61.9 Å². The van der Waals surface area contributed by atoms with Gasteiger partial charge < -0.3 is 19.9 Å². The molecule has 1 unspecified atom stereocenters. The molecule has 3 aliphatic rings. The molecule has 6 heteroatoms. The van der Waals surface area contributed by atoms with Crippen molar-refractivity contribution in [2.24, 2.45) is 5.92 Å². The first-order valence-corrected chi connectivity index (χ1v) is 7.14. The predicted molar refractivity (Wildman–Crippen MR) is 68.5 cm³/mol. The number of ether oxygens (including phenoxy) is 1. The van der Waals surface area contributed by atoms with Crippen LogP contribution in [0.1, 0.15) is 12.8 Å². The highest BCUT2D eigenvalue weighted by atomic mass is 16.5. The van der Waals surface area contributed by atoms with Crippen LogP contribution in [0, 0.1) is 5.92 Å². The highest BCUT2D eigenvalue weighted by Gasteiger charge is 2.36. The Hall–Kier alpha value is -1.14. The second kappa shape index (κ2) is 5.46. The third kappa shape index (κ3) is 2.90. The Morgan fingerprint density at radius 2 is 1.63 bits per heavy atom.